The minimum Gasteiger partial charge on any atom is -0.293 e. The van der Waals surface area contributed by atoms with E-state index in [1.165, 1.54) is 0 Å². The van der Waals surface area contributed by atoms with E-state index in [4.69, 9.17) is 0 Å². The molecule has 0 saturated carbocycles. The first kappa shape index (κ1) is 30.8. The maximum atomic E-state index is 15.2. The molecule has 0 aliphatic heterocycles. The molecule has 2 heteroatoms. The standard InChI is InChI=1S/C46H36O2/c47-44(37-25-13-4-14-26-37)42(36-23-11-3-12-24-36)33-46(40-29-17-6-18-30-40)32-39(34-19-7-1-8-20-34)31-41(35-21-9-2-10-22-35)43(46)45(48)38-27-15-5-16-28-38/h1-32,42-43H,33H2/t42-,43+,46+/m0/s1. The molecule has 3 atom stereocenters. The van der Waals surface area contributed by atoms with E-state index in [9.17, 15) is 4.79 Å². The van der Waals surface area contributed by atoms with Gasteiger partial charge in [-0.25, -0.2) is 0 Å². The second-order valence-electron chi connectivity index (χ2n) is 12.4. The Morgan fingerprint density at radius 3 is 1.54 bits per heavy atom. The molecule has 6 aromatic carbocycles. The summed E-state index contributed by atoms with van der Waals surface area (Å²) in [5.41, 5.74) is 6.33. The number of hydrogen-bond donors (Lipinski definition) is 0. The highest BCUT2D eigenvalue weighted by Gasteiger charge is 2.49. The number of benzene rings is 6. The molecule has 1 aliphatic rings. The molecule has 0 spiro atoms. The lowest BCUT2D eigenvalue weighted by molar-refractivity contribution is 0.0874. The fourth-order valence-electron chi connectivity index (χ4n) is 7.23. The minimum atomic E-state index is -0.899. The maximum absolute atomic E-state index is 15.2. The van der Waals surface area contributed by atoms with Crippen LogP contribution < -0.4 is 0 Å². The Morgan fingerprint density at radius 1 is 0.521 bits per heavy atom. The molecular formula is C46H36O2. The van der Waals surface area contributed by atoms with E-state index in [-0.39, 0.29) is 11.6 Å². The van der Waals surface area contributed by atoms with Crippen LogP contribution in [-0.4, -0.2) is 11.6 Å². The molecule has 0 aromatic heterocycles. The Labute approximate surface area is 282 Å². The number of ketones is 2. The predicted molar refractivity (Wildman–Crippen MR) is 196 cm³/mol. The third kappa shape index (κ3) is 6.13. The van der Waals surface area contributed by atoms with Gasteiger partial charge in [0.25, 0.3) is 0 Å². The number of carbonyl (C=O) groups excluding carboxylic acids is 2. The lowest BCUT2D eigenvalue weighted by atomic mass is 9.56. The van der Waals surface area contributed by atoms with Gasteiger partial charge < -0.3 is 0 Å². The summed E-state index contributed by atoms with van der Waals surface area (Å²) < 4.78 is 0. The second kappa shape index (κ2) is 13.9. The van der Waals surface area contributed by atoms with Crippen LogP contribution in [0.1, 0.15) is 55.3 Å². The summed E-state index contributed by atoms with van der Waals surface area (Å²) in [4.78, 5) is 29.9. The van der Waals surface area contributed by atoms with E-state index < -0.39 is 17.3 Å². The van der Waals surface area contributed by atoms with E-state index in [1.54, 1.807) is 0 Å². The Hall–Kier alpha value is -5.86. The molecule has 0 bridgehead atoms. The Morgan fingerprint density at radius 2 is 0.979 bits per heavy atom. The smallest absolute Gasteiger partial charge is 0.171 e. The summed E-state index contributed by atoms with van der Waals surface area (Å²) in [6.07, 6.45) is 4.86. The Kier molecular flexibility index (Phi) is 8.89. The number of allylic oxidation sites excluding steroid dienone is 4. The van der Waals surface area contributed by atoms with Gasteiger partial charge in [0.1, 0.15) is 0 Å². The maximum Gasteiger partial charge on any atom is 0.171 e. The van der Waals surface area contributed by atoms with Crippen LogP contribution in [0, 0.1) is 5.92 Å². The van der Waals surface area contributed by atoms with Crippen LogP contribution in [0.2, 0.25) is 0 Å². The lowest BCUT2D eigenvalue weighted by Crippen LogP contribution is -2.43. The van der Waals surface area contributed by atoms with Gasteiger partial charge in [0.2, 0.25) is 0 Å². The number of rotatable bonds is 10. The topological polar surface area (TPSA) is 34.1 Å². The van der Waals surface area contributed by atoms with Gasteiger partial charge in [-0.15, -0.1) is 0 Å². The SMILES string of the molecule is O=C(c1ccccc1)[C@H]1C(c2ccccc2)=CC(c2ccccc2)=C[C@@]1(C[C@H](C(=O)c1ccccc1)c1ccccc1)c1ccccc1. The Bertz CT molecular complexity index is 2050. The van der Waals surface area contributed by atoms with Crippen LogP contribution in [-0.2, 0) is 5.41 Å². The van der Waals surface area contributed by atoms with Gasteiger partial charge in [-0.1, -0.05) is 194 Å². The van der Waals surface area contributed by atoms with Gasteiger partial charge in [-0.05, 0) is 39.8 Å². The fourth-order valence-corrected chi connectivity index (χ4v) is 7.23. The molecule has 0 fully saturated rings. The average Bonchev–Trinajstić information content (AvgIpc) is 3.18. The highest BCUT2D eigenvalue weighted by Crippen LogP contribution is 2.53. The molecule has 0 radical (unpaired) electrons. The summed E-state index contributed by atoms with van der Waals surface area (Å²) in [5.74, 6) is -1.08. The third-order valence-corrected chi connectivity index (χ3v) is 9.51. The average molecular weight is 621 g/mol. The van der Waals surface area contributed by atoms with E-state index in [0.717, 1.165) is 33.4 Å². The molecule has 7 rings (SSSR count). The van der Waals surface area contributed by atoms with Crippen LogP contribution in [0.3, 0.4) is 0 Å². The van der Waals surface area contributed by atoms with E-state index in [1.807, 2.05) is 146 Å². The van der Waals surface area contributed by atoms with Gasteiger partial charge in [-0.2, -0.15) is 0 Å². The predicted octanol–water partition coefficient (Wildman–Crippen LogP) is 10.7. The van der Waals surface area contributed by atoms with Gasteiger partial charge in [0.15, 0.2) is 11.6 Å². The number of hydrogen-bond acceptors (Lipinski definition) is 2. The zero-order chi connectivity index (χ0) is 32.8. The van der Waals surface area contributed by atoms with Crippen LogP contribution in [0.5, 0.6) is 0 Å². The van der Waals surface area contributed by atoms with Crippen molar-refractivity contribution in [3.05, 3.63) is 228 Å². The van der Waals surface area contributed by atoms with Crippen molar-refractivity contribution in [3.8, 4) is 0 Å². The Balaban J connectivity index is 1.54. The first-order valence-electron chi connectivity index (χ1n) is 16.5. The van der Waals surface area contributed by atoms with Gasteiger partial charge in [-0.3, -0.25) is 9.59 Å². The quantitative estimate of drug-likeness (QED) is 0.143. The zero-order valence-corrected chi connectivity index (χ0v) is 26.7. The van der Waals surface area contributed by atoms with Crippen LogP contribution in [0.4, 0.5) is 0 Å². The van der Waals surface area contributed by atoms with Crippen molar-refractivity contribution in [2.75, 3.05) is 0 Å². The van der Waals surface area contributed by atoms with E-state index >= 15 is 4.79 Å². The molecule has 1 aliphatic carbocycles. The normalized spacial score (nSPS) is 17.9. The molecule has 6 aromatic rings. The van der Waals surface area contributed by atoms with Crippen molar-refractivity contribution in [1.29, 1.82) is 0 Å². The number of carbonyl (C=O) groups is 2. The van der Waals surface area contributed by atoms with Gasteiger partial charge >= 0.3 is 0 Å². The van der Waals surface area contributed by atoms with Crippen molar-refractivity contribution in [3.63, 3.8) is 0 Å². The van der Waals surface area contributed by atoms with Crippen LogP contribution >= 0.6 is 0 Å². The minimum absolute atomic E-state index is 0.0249. The molecule has 0 unspecified atom stereocenters. The van der Waals surface area contributed by atoms with E-state index in [0.29, 0.717) is 17.5 Å². The lowest BCUT2D eigenvalue weighted by Gasteiger charge is -2.45. The summed E-state index contributed by atoms with van der Waals surface area (Å²) >= 11 is 0. The summed E-state index contributed by atoms with van der Waals surface area (Å²) in [6, 6.07) is 60.0. The molecule has 48 heavy (non-hydrogen) atoms. The molecule has 0 heterocycles. The van der Waals surface area contributed by atoms with Crippen molar-refractivity contribution in [1.82, 2.24) is 0 Å². The summed E-state index contributed by atoms with van der Waals surface area (Å²) in [5, 5.41) is 0. The van der Waals surface area contributed by atoms with Crippen molar-refractivity contribution in [2.24, 2.45) is 5.92 Å². The first-order chi connectivity index (χ1) is 23.6. The molecular weight excluding hydrogens is 585 g/mol. The highest BCUT2D eigenvalue weighted by atomic mass is 16.1. The monoisotopic (exact) mass is 620 g/mol. The van der Waals surface area contributed by atoms with Crippen LogP contribution in [0.25, 0.3) is 11.1 Å². The van der Waals surface area contributed by atoms with Crippen molar-refractivity contribution >= 4 is 22.7 Å². The third-order valence-electron chi connectivity index (χ3n) is 9.51. The van der Waals surface area contributed by atoms with Crippen molar-refractivity contribution < 1.29 is 9.59 Å². The number of Topliss-reactive ketones (excluding diaryl/α,β-unsaturated/α-hetero) is 2. The highest BCUT2D eigenvalue weighted by molar-refractivity contribution is 6.09. The zero-order valence-electron chi connectivity index (χ0n) is 26.7. The molecule has 0 amide bonds. The first-order valence-corrected chi connectivity index (χ1v) is 16.5. The molecule has 0 N–H and O–H groups in total. The summed E-state index contributed by atoms with van der Waals surface area (Å²) in [6.45, 7) is 0. The molecule has 2 nitrogen and oxygen atoms in total. The van der Waals surface area contributed by atoms with Crippen molar-refractivity contribution in [2.45, 2.75) is 17.8 Å². The molecule has 0 saturated heterocycles. The largest absolute Gasteiger partial charge is 0.293 e. The van der Waals surface area contributed by atoms with Crippen LogP contribution in [0.15, 0.2) is 194 Å². The second-order valence-corrected chi connectivity index (χ2v) is 12.4. The van der Waals surface area contributed by atoms with Gasteiger partial charge in [0.05, 0.1) is 5.92 Å². The van der Waals surface area contributed by atoms with Gasteiger partial charge in [0, 0.05) is 22.5 Å². The fraction of sp³-hybridized carbons (Fsp3) is 0.0870. The molecule has 232 valence electrons. The summed E-state index contributed by atoms with van der Waals surface area (Å²) in [7, 11) is 0. The van der Waals surface area contributed by atoms with E-state index in [2.05, 4.69) is 48.6 Å².